The summed E-state index contributed by atoms with van der Waals surface area (Å²) < 4.78 is 0. The van der Waals surface area contributed by atoms with Gasteiger partial charge in [0.2, 0.25) is 0 Å². The van der Waals surface area contributed by atoms with Gasteiger partial charge in [-0.25, -0.2) is 5.06 Å². The van der Waals surface area contributed by atoms with Crippen molar-refractivity contribution in [3.63, 3.8) is 0 Å². The lowest BCUT2D eigenvalue weighted by Crippen LogP contribution is -2.45. The van der Waals surface area contributed by atoms with Crippen LogP contribution in [-0.4, -0.2) is 22.7 Å². The standard InChI is InChI=1S/C9H15NO2/c1-3-5-9(2)6-4-7-10(12)8(9)11/h3,12H,1,4-7H2,2H3/t9-/m1/s1. The summed E-state index contributed by atoms with van der Waals surface area (Å²) in [4.78, 5) is 11.5. The molecule has 68 valence electrons. The normalized spacial score (nSPS) is 30.5. The van der Waals surface area contributed by atoms with E-state index < -0.39 is 5.41 Å². The third-order valence-corrected chi connectivity index (χ3v) is 2.44. The van der Waals surface area contributed by atoms with Crippen LogP contribution in [0.25, 0.3) is 0 Å². The molecule has 1 saturated heterocycles. The molecule has 1 atom stereocenters. The van der Waals surface area contributed by atoms with Gasteiger partial charge in [0.1, 0.15) is 0 Å². The maximum Gasteiger partial charge on any atom is 0.252 e. The Kier molecular flexibility index (Phi) is 2.52. The summed E-state index contributed by atoms with van der Waals surface area (Å²) in [6, 6.07) is 0. The smallest absolute Gasteiger partial charge is 0.252 e. The first kappa shape index (κ1) is 9.26. The number of piperidine rings is 1. The Morgan fingerprint density at radius 1 is 1.83 bits per heavy atom. The molecule has 1 rings (SSSR count). The van der Waals surface area contributed by atoms with E-state index in [-0.39, 0.29) is 5.91 Å². The molecule has 3 nitrogen and oxygen atoms in total. The first-order valence-electron chi connectivity index (χ1n) is 4.22. The van der Waals surface area contributed by atoms with E-state index in [1.54, 1.807) is 6.08 Å². The van der Waals surface area contributed by atoms with Crippen LogP contribution in [0.5, 0.6) is 0 Å². The largest absolute Gasteiger partial charge is 0.286 e. The van der Waals surface area contributed by atoms with Crippen LogP contribution >= 0.6 is 0 Å². The van der Waals surface area contributed by atoms with Crippen molar-refractivity contribution in [1.29, 1.82) is 0 Å². The topological polar surface area (TPSA) is 40.5 Å². The highest BCUT2D eigenvalue weighted by atomic mass is 16.5. The third kappa shape index (κ3) is 1.50. The quantitative estimate of drug-likeness (QED) is 0.503. The molecule has 0 aromatic heterocycles. The summed E-state index contributed by atoms with van der Waals surface area (Å²) in [6.07, 6.45) is 4.08. The summed E-state index contributed by atoms with van der Waals surface area (Å²) in [7, 11) is 0. The van der Waals surface area contributed by atoms with Gasteiger partial charge in [-0.15, -0.1) is 6.58 Å². The molecule has 1 fully saturated rings. The van der Waals surface area contributed by atoms with E-state index >= 15 is 0 Å². The van der Waals surface area contributed by atoms with Crippen LogP contribution in [0.4, 0.5) is 0 Å². The molecule has 1 aliphatic rings. The average Bonchev–Trinajstić information content (AvgIpc) is 2.01. The number of carbonyl (C=O) groups is 1. The minimum atomic E-state index is -0.422. The Hall–Kier alpha value is -0.830. The van der Waals surface area contributed by atoms with Crippen LogP contribution in [-0.2, 0) is 4.79 Å². The number of amides is 1. The maximum atomic E-state index is 11.5. The molecule has 0 aromatic rings. The Morgan fingerprint density at radius 3 is 3.08 bits per heavy atom. The summed E-state index contributed by atoms with van der Waals surface area (Å²) in [5.41, 5.74) is -0.422. The zero-order valence-corrected chi connectivity index (χ0v) is 7.42. The van der Waals surface area contributed by atoms with Gasteiger partial charge >= 0.3 is 0 Å². The number of nitrogens with zero attached hydrogens (tertiary/aromatic N) is 1. The van der Waals surface area contributed by atoms with Crippen molar-refractivity contribution in [2.24, 2.45) is 5.41 Å². The highest BCUT2D eigenvalue weighted by Gasteiger charge is 2.38. The highest BCUT2D eigenvalue weighted by molar-refractivity contribution is 5.82. The average molecular weight is 169 g/mol. The summed E-state index contributed by atoms with van der Waals surface area (Å²) >= 11 is 0. The monoisotopic (exact) mass is 169 g/mol. The number of carbonyl (C=O) groups excluding carboxylic acids is 1. The van der Waals surface area contributed by atoms with Crippen molar-refractivity contribution in [1.82, 2.24) is 5.06 Å². The second kappa shape index (κ2) is 3.27. The molecule has 0 saturated carbocycles. The van der Waals surface area contributed by atoms with Gasteiger partial charge in [0.25, 0.3) is 5.91 Å². The SMILES string of the molecule is C=CC[C@]1(C)CCCN(O)C1=O. The van der Waals surface area contributed by atoms with Crippen LogP contribution in [0.3, 0.4) is 0 Å². The zero-order chi connectivity index (χ0) is 9.19. The Bertz CT molecular complexity index is 203. The molecular formula is C9H15NO2. The molecule has 3 heteroatoms. The Labute approximate surface area is 72.6 Å². The molecule has 1 N–H and O–H groups in total. The fourth-order valence-corrected chi connectivity index (χ4v) is 1.65. The zero-order valence-electron chi connectivity index (χ0n) is 7.42. The number of hydroxylamine groups is 2. The lowest BCUT2D eigenvalue weighted by molar-refractivity contribution is -0.183. The minimum absolute atomic E-state index is 0.173. The van der Waals surface area contributed by atoms with E-state index in [1.807, 2.05) is 6.92 Å². The van der Waals surface area contributed by atoms with E-state index in [9.17, 15) is 10.0 Å². The second-order valence-corrected chi connectivity index (χ2v) is 3.59. The van der Waals surface area contributed by atoms with E-state index in [2.05, 4.69) is 6.58 Å². The Balaban J connectivity index is 2.73. The molecular weight excluding hydrogens is 154 g/mol. The van der Waals surface area contributed by atoms with Gasteiger partial charge in [-0.3, -0.25) is 10.0 Å². The fraction of sp³-hybridized carbons (Fsp3) is 0.667. The first-order chi connectivity index (χ1) is 5.60. The van der Waals surface area contributed by atoms with Crippen LogP contribution < -0.4 is 0 Å². The van der Waals surface area contributed by atoms with E-state index in [4.69, 9.17) is 0 Å². The van der Waals surface area contributed by atoms with Gasteiger partial charge < -0.3 is 0 Å². The van der Waals surface area contributed by atoms with Gasteiger partial charge in [0.05, 0.1) is 5.41 Å². The predicted octanol–water partition coefficient (Wildman–Crippen LogP) is 1.58. The fourth-order valence-electron chi connectivity index (χ4n) is 1.65. The van der Waals surface area contributed by atoms with Crippen molar-refractivity contribution >= 4 is 5.91 Å². The van der Waals surface area contributed by atoms with Gasteiger partial charge in [0, 0.05) is 6.54 Å². The summed E-state index contributed by atoms with van der Waals surface area (Å²) in [6.45, 7) is 5.95. The van der Waals surface area contributed by atoms with Gasteiger partial charge in [-0.1, -0.05) is 13.0 Å². The van der Waals surface area contributed by atoms with Crippen LogP contribution in [0.1, 0.15) is 26.2 Å². The van der Waals surface area contributed by atoms with Gasteiger partial charge in [-0.2, -0.15) is 0 Å². The molecule has 0 bridgehead atoms. The Morgan fingerprint density at radius 2 is 2.50 bits per heavy atom. The molecule has 1 aliphatic heterocycles. The predicted molar refractivity (Wildman–Crippen MR) is 45.7 cm³/mol. The molecule has 1 amide bonds. The van der Waals surface area contributed by atoms with Gasteiger partial charge in [0.15, 0.2) is 0 Å². The molecule has 12 heavy (non-hydrogen) atoms. The van der Waals surface area contributed by atoms with Crippen molar-refractivity contribution in [3.8, 4) is 0 Å². The van der Waals surface area contributed by atoms with E-state index in [0.29, 0.717) is 13.0 Å². The number of hydrogen-bond acceptors (Lipinski definition) is 2. The second-order valence-electron chi connectivity index (χ2n) is 3.59. The van der Waals surface area contributed by atoms with Crippen molar-refractivity contribution < 1.29 is 10.0 Å². The minimum Gasteiger partial charge on any atom is -0.286 e. The van der Waals surface area contributed by atoms with Crippen molar-refractivity contribution in [2.75, 3.05) is 6.54 Å². The highest BCUT2D eigenvalue weighted by Crippen LogP contribution is 2.33. The summed E-state index contributed by atoms with van der Waals surface area (Å²) in [5.74, 6) is -0.173. The van der Waals surface area contributed by atoms with Gasteiger partial charge in [-0.05, 0) is 19.3 Å². The van der Waals surface area contributed by atoms with Crippen LogP contribution in [0, 0.1) is 5.41 Å². The molecule has 1 heterocycles. The van der Waals surface area contributed by atoms with Crippen molar-refractivity contribution in [3.05, 3.63) is 12.7 Å². The number of allylic oxidation sites excluding steroid dienone is 1. The van der Waals surface area contributed by atoms with E-state index in [1.165, 1.54) is 0 Å². The number of rotatable bonds is 2. The molecule has 0 radical (unpaired) electrons. The molecule has 0 spiro atoms. The van der Waals surface area contributed by atoms with Crippen molar-refractivity contribution in [2.45, 2.75) is 26.2 Å². The lowest BCUT2D eigenvalue weighted by atomic mass is 9.79. The van der Waals surface area contributed by atoms with Crippen LogP contribution in [0.2, 0.25) is 0 Å². The third-order valence-electron chi connectivity index (χ3n) is 2.44. The lowest BCUT2D eigenvalue weighted by Gasteiger charge is -2.35. The molecule has 0 aliphatic carbocycles. The molecule has 0 aromatic carbocycles. The summed E-state index contributed by atoms with van der Waals surface area (Å²) in [5, 5.41) is 10.0. The van der Waals surface area contributed by atoms with Crippen LogP contribution in [0.15, 0.2) is 12.7 Å². The first-order valence-corrected chi connectivity index (χ1v) is 4.22. The molecule has 0 unspecified atom stereocenters. The number of hydrogen-bond donors (Lipinski definition) is 1. The van der Waals surface area contributed by atoms with E-state index in [0.717, 1.165) is 17.9 Å². The maximum absolute atomic E-state index is 11.5.